The van der Waals surface area contributed by atoms with Crippen molar-refractivity contribution >= 4 is 5.91 Å². The van der Waals surface area contributed by atoms with Crippen LogP contribution in [-0.4, -0.2) is 19.1 Å². The van der Waals surface area contributed by atoms with E-state index < -0.39 is 0 Å². The molecule has 4 fully saturated rings. The van der Waals surface area contributed by atoms with Crippen LogP contribution >= 0.6 is 0 Å². The van der Waals surface area contributed by atoms with Crippen LogP contribution < -0.4 is 10.1 Å². The van der Waals surface area contributed by atoms with Crippen LogP contribution in [0.2, 0.25) is 0 Å². The number of carbonyl (C=O) groups excluding carboxylic acids is 1. The van der Waals surface area contributed by atoms with Gasteiger partial charge in [-0.15, -0.1) is 0 Å². The fourth-order valence-corrected chi connectivity index (χ4v) is 6.69. The van der Waals surface area contributed by atoms with Crippen LogP contribution in [0.25, 0.3) is 0 Å². The SMILES string of the molecule is CCCC(C)NC(=O)C12CC3CC(C1)CC(c1ccc(OC)cc1)(C3)C2. The highest BCUT2D eigenvalue weighted by atomic mass is 16.5. The van der Waals surface area contributed by atoms with Crippen LogP contribution in [-0.2, 0) is 10.2 Å². The summed E-state index contributed by atoms with van der Waals surface area (Å²) in [6.07, 6.45) is 9.28. The first-order valence-electron chi connectivity index (χ1n) is 10.4. The van der Waals surface area contributed by atoms with Gasteiger partial charge in [0.2, 0.25) is 5.91 Å². The van der Waals surface area contributed by atoms with Crippen LogP contribution in [0.5, 0.6) is 5.75 Å². The van der Waals surface area contributed by atoms with E-state index in [9.17, 15) is 4.79 Å². The van der Waals surface area contributed by atoms with Gasteiger partial charge in [-0.05, 0) is 86.8 Å². The van der Waals surface area contributed by atoms with Crippen molar-refractivity contribution in [2.45, 2.75) is 76.7 Å². The summed E-state index contributed by atoms with van der Waals surface area (Å²) in [6.45, 7) is 4.34. The molecule has 0 spiro atoms. The summed E-state index contributed by atoms with van der Waals surface area (Å²) >= 11 is 0. The third kappa shape index (κ3) is 2.93. The summed E-state index contributed by atoms with van der Waals surface area (Å²) in [5.74, 6) is 2.68. The van der Waals surface area contributed by atoms with Gasteiger partial charge in [-0.1, -0.05) is 25.5 Å². The summed E-state index contributed by atoms with van der Waals surface area (Å²) in [4.78, 5) is 13.3. The first kappa shape index (κ1) is 17.9. The normalized spacial score (nSPS) is 36.0. The second-order valence-corrected chi connectivity index (χ2v) is 9.41. The first-order chi connectivity index (χ1) is 12.5. The lowest BCUT2D eigenvalue weighted by Gasteiger charge is -2.61. The van der Waals surface area contributed by atoms with Crippen molar-refractivity contribution in [3.8, 4) is 5.75 Å². The van der Waals surface area contributed by atoms with Gasteiger partial charge in [0.05, 0.1) is 12.5 Å². The Bertz CT molecular complexity index is 651. The van der Waals surface area contributed by atoms with Gasteiger partial charge in [-0.2, -0.15) is 0 Å². The minimum Gasteiger partial charge on any atom is -0.497 e. The molecule has 0 radical (unpaired) electrons. The second kappa shape index (κ2) is 6.58. The van der Waals surface area contributed by atoms with Crippen LogP contribution in [0, 0.1) is 17.3 Å². The highest BCUT2D eigenvalue weighted by molar-refractivity contribution is 5.83. The Balaban J connectivity index is 1.61. The maximum Gasteiger partial charge on any atom is 0.226 e. The molecule has 1 aromatic rings. The number of carbonyl (C=O) groups is 1. The van der Waals surface area contributed by atoms with Gasteiger partial charge in [-0.25, -0.2) is 0 Å². The second-order valence-electron chi connectivity index (χ2n) is 9.41. The van der Waals surface area contributed by atoms with Crippen molar-refractivity contribution in [3.63, 3.8) is 0 Å². The molecule has 26 heavy (non-hydrogen) atoms. The number of amides is 1. The van der Waals surface area contributed by atoms with Crippen LogP contribution in [0.3, 0.4) is 0 Å². The number of ether oxygens (including phenoxy) is 1. The van der Waals surface area contributed by atoms with Crippen molar-refractivity contribution in [1.82, 2.24) is 5.32 Å². The fraction of sp³-hybridized carbons (Fsp3) is 0.696. The number of hydrogen-bond donors (Lipinski definition) is 1. The molecule has 4 aliphatic carbocycles. The molecule has 4 aliphatic rings. The molecule has 1 N–H and O–H groups in total. The lowest BCUT2D eigenvalue weighted by atomic mass is 9.42. The molecule has 142 valence electrons. The van der Waals surface area contributed by atoms with Gasteiger partial charge in [0.15, 0.2) is 0 Å². The van der Waals surface area contributed by atoms with Gasteiger partial charge in [-0.3, -0.25) is 4.79 Å². The van der Waals surface area contributed by atoms with Crippen molar-refractivity contribution in [2.24, 2.45) is 17.3 Å². The van der Waals surface area contributed by atoms with Gasteiger partial charge in [0, 0.05) is 6.04 Å². The first-order valence-corrected chi connectivity index (χ1v) is 10.4. The van der Waals surface area contributed by atoms with Gasteiger partial charge in [0.1, 0.15) is 5.75 Å². The molecule has 3 unspecified atom stereocenters. The third-order valence-corrected chi connectivity index (χ3v) is 7.34. The Hall–Kier alpha value is -1.51. The lowest BCUT2D eigenvalue weighted by Crippen LogP contribution is -2.59. The predicted octanol–water partition coefficient (Wildman–Crippen LogP) is 4.84. The van der Waals surface area contributed by atoms with E-state index in [1.54, 1.807) is 7.11 Å². The minimum atomic E-state index is -0.133. The summed E-state index contributed by atoms with van der Waals surface area (Å²) in [5, 5.41) is 3.37. The molecule has 3 heteroatoms. The Morgan fingerprint density at radius 3 is 2.42 bits per heavy atom. The highest BCUT2D eigenvalue weighted by Gasteiger charge is 2.60. The molecule has 5 rings (SSSR count). The zero-order valence-corrected chi connectivity index (χ0v) is 16.5. The van der Waals surface area contributed by atoms with E-state index in [2.05, 4.69) is 43.4 Å². The van der Waals surface area contributed by atoms with E-state index in [1.807, 2.05) is 0 Å². The Kier molecular flexibility index (Phi) is 4.53. The summed E-state index contributed by atoms with van der Waals surface area (Å²) < 4.78 is 5.35. The molecule has 0 aromatic heterocycles. The molecular weight excluding hydrogens is 322 g/mol. The monoisotopic (exact) mass is 355 g/mol. The predicted molar refractivity (Wildman–Crippen MR) is 104 cm³/mol. The topological polar surface area (TPSA) is 38.3 Å². The average molecular weight is 356 g/mol. The minimum absolute atomic E-state index is 0.133. The number of hydrogen-bond acceptors (Lipinski definition) is 2. The molecule has 4 bridgehead atoms. The standard InChI is InChI=1S/C23H33NO2/c1-4-5-16(2)24-21(25)23-13-17-10-18(14-23)12-22(11-17,15-23)19-6-8-20(26-3)9-7-19/h6-9,16-18H,4-5,10-15H2,1-3H3,(H,24,25). The molecule has 0 aliphatic heterocycles. The summed E-state index contributed by atoms with van der Waals surface area (Å²) in [5.41, 5.74) is 1.49. The van der Waals surface area contributed by atoms with E-state index in [0.29, 0.717) is 17.7 Å². The van der Waals surface area contributed by atoms with Crippen LogP contribution in [0.15, 0.2) is 24.3 Å². The number of rotatable bonds is 6. The Labute approximate surface area is 157 Å². The van der Waals surface area contributed by atoms with Crippen LogP contribution in [0.1, 0.15) is 70.8 Å². The Morgan fingerprint density at radius 1 is 1.19 bits per heavy atom. The van der Waals surface area contributed by atoms with E-state index in [1.165, 1.54) is 24.8 Å². The average Bonchev–Trinajstić information content (AvgIpc) is 2.61. The lowest BCUT2D eigenvalue weighted by molar-refractivity contribution is -0.149. The fourth-order valence-electron chi connectivity index (χ4n) is 6.69. The Morgan fingerprint density at radius 2 is 1.85 bits per heavy atom. The van der Waals surface area contributed by atoms with E-state index in [0.717, 1.165) is 37.9 Å². The van der Waals surface area contributed by atoms with E-state index >= 15 is 0 Å². The molecule has 0 heterocycles. The molecule has 1 amide bonds. The molecule has 4 saturated carbocycles. The van der Waals surface area contributed by atoms with E-state index in [-0.39, 0.29) is 16.9 Å². The quantitative estimate of drug-likeness (QED) is 0.793. The van der Waals surface area contributed by atoms with E-state index in [4.69, 9.17) is 4.74 Å². The van der Waals surface area contributed by atoms with Crippen molar-refractivity contribution < 1.29 is 9.53 Å². The third-order valence-electron chi connectivity index (χ3n) is 7.34. The molecular formula is C23H33NO2. The van der Waals surface area contributed by atoms with Gasteiger partial charge >= 0.3 is 0 Å². The molecule has 3 nitrogen and oxygen atoms in total. The van der Waals surface area contributed by atoms with Crippen molar-refractivity contribution in [3.05, 3.63) is 29.8 Å². The van der Waals surface area contributed by atoms with Crippen molar-refractivity contribution in [1.29, 1.82) is 0 Å². The molecule has 3 atom stereocenters. The summed E-state index contributed by atoms with van der Waals surface area (Å²) in [7, 11) is 1.72. The largest absolute Gasteiger partial charge is 0.497 e. The molecule has 0 saturated heterocycles. The maximum atomic E-state index is 13.3. The number of methoxy groups -OCH3 is 1. The summed E-state index contributed by atoms with van der Waals surface area (Å²) in [6, 6.07) is 8.96. The van der Waals surface area contributed by atoms with Crippen molar-refractivity contribution in [2.75, 3.05) is 7.11 Å². The zero-order valence-electron chi connectivity index (χ0n) is 16.5. The number of benzene rings is 1. The maximum absolute atomic E-state index is 13.3. The highest BCUT2D eigenvalue weighted by Crippen LogP contribution is 2.65. The smallest absolute Gasteiger partial charge is 0.226 e. The molecule has 1 aromatic carbocycles. The zero-order chi connectivity index (χ0) is 18.4. The van der Waals surface area contributed by atoms with Gasteiger partial charge in [0.25, 0.3) is 0 Å². The van der Waals surface area contributed by atoms with Crippen LogP contribution in [0.4, 0.5) is 0 Å². The number of nitrogens with one attached hydrogen (secondary N) is 1. The van der Waals surface area contributed by atoms with Gasteiger partial charge < -0.3 is 10.1 Å².